The number of halogens is 1. The second-order valence-electron chi connectivity index (χ2n) is 4.50. The Morgan fingerprint density at radius 3 is 2.45 bits per heavy atom. The van der Waals surface area contributed by atoms with Crippen LogP contribution in [0, 0.1) is 10.8 Å². The van der Waals surface area contributed by atoms with Crippen LogP contribution in [0.2, 0.25) is 0 Å². The van der Waals surface area contributed by atoms with Gasteiger partial charge >= 0.3 is 0 Å². The Morgan fingerprint density at radius 1 is 1.45 bits per heavy atom. The first-order valence-corrected chi connectivity index (χ1v) is 5.32. The number of rotatable bonds is 2. The number of carbonyl (C=O) groups is 1. The summed E-state index contributed by atoms with van der Waals surface area (Å²) in [5, 5.41) is 0.559. The predicted molar refractivity (Wildman–Crippen MR) is 47.8 cm³/mol. The highest BCUT2D eigenvalue weighted by Crippen LogP contribution is 2.67. The van der Waals surface area contributed by atoms with Crippen molar-refractivity contribution in [1.29, 1.82) is 0 Å². The van der Waals surface area contributed by atoms with Crippen LogP contribution in [0.5, 0.6) is 0 Å². The Balaban J connectivity index is 2.13. The Hall–Kier alpha value is 0.150. The lowest BCUT2D eigenvalue weighted by Crippen LogP contribution is -2.42. The lowest BCUT2D eigenvalue weighted by molar-refractivity contribution is -0.132. The van der Waals surface area contributed by atoms with E-state index in [4.69, 9.17) is 0 Å². The molecule has 0 aliphatic heterocycles. The molecule has 3 aliphatic rings. The van der Waals surface area contributed by atoms with E-state index in [0.717, 1.165) is 19.3 Å². The molecule has 3 rings (SSSR count). The number of carbonyl (C=O) groups excluding carboxylic acids is 1. The van der Waals surface area contributed by atoms with Crippen molar-refractivity contribution < 1.29 is 4.79 Å². The largest absolute Gasteiger partial charge is 0.298 e. The maximum absolute atomic E-state index is 11.5. The van der Waals surface area contributed by atoms with Crippen LogP contribution in [0.1, 0.15) is 32.6 Å². The van der Waals surface area contributed by atoms with E-state index in [9.17, 15) is 4.79 Å². The van der Waals surface area contributed by atoms with Gasteiger partial charge in [0.15, 0.2) is 0 Å². The average molecular weight is 217 g/mol. The van der Waals surface area contributed by atoms with Gasteiger partial charge in [0.25, 0.3) is 0 Å². The summed E-state index contributed by atoms with van der Waals surface area (Å²) in [5.41, 5.74) is 0.663. The molecule has 0 radical (unpaired) electrons. The standard InChI is InChI=1S/C9H13BrO/c1-8-2-3-9(5-8,6-8)7(11)4-10/h2-6H2,1H3. The van der Waals surface area contributed by atoms with E-state index in [1.54, 1.807) is 0 Å². The molecule has 62 valence electrons. The van der Waals surface area contributed by atoms with Crippen LogP contribution in [-0.2, 0) is 4.79 Å². The number of Topliss-reactive ketones (excluding diaryl/α,β-unsaturated/α-hetero) is 1. The zero-order valence-corrected chi connectivity index (χ0v) is 8.41. The zero-order chi connectivity index (χ0) is 8.11. The van der Waals surface area contributed by atoms with Gasteiger partial charge in [0.2, 0.25) is 0 Å². The topological polar surface area (TPSA) is 17.1 Å². The van der Waals surface area contributed by atoms with Crippen LogP contribution >= 0.6 is 15.9 Å². The van der Waals surface area contributed by atoms with Crippen molar-refractivity contribution in [3.63, 3.8) is 0 Å². The summed E-state index contributed by atoms with van der Waals surface area (Å²) in [6.07, 6.45) is 4.73. The van der Waals surface area contributed by atoms with Gasteiger partial charge in [0, 0.05) is 5.41 Å². The molecule has 0 aromatic rings. The number of ketones is 1. The molecular weight excluding hydrogens is 204 g/mol. The normalized spacial score (nSPS) is 47.1. The first-order valence-electron chi connectivity index (χ1n) is 4.20. The van der Waals surface area contributed by atoms with Crippen LogP contribution in [0.4, 0.5) is 0 Å². The fourth-order valence-electron chi connectivity index (χ4n) is 2.96. The lowest BCUT2D eigenvalue weighted by Gasteiger charge is -2.44. The van der Waals surface area contributed by atoms with Gasteiger partial charge in [0.1, 0.15) is 5.78 Å². The van der Waals surface area contributed by atoms with Crippen molar-refractivity contribution in [2.75, 3.05) is 5.33 Å². The first kappa shape index (κ1) is 7.78. The van der Waals surface area contributed by atoms with Crippen LogP contribution in [-0.4, -0.2) is 11.1 Å². The van der Waals surface area contributed by atoms with Gasteiger partial charge in [0.05, 0.1) is 5.33 Å². The molecule has 0 heterocycles. The average Bonchev–Trinajstić information content (AvgIpc) is 2.40. The van der Waals surface area contributed by atoms with Crippen LogP contribution in [0.3, 0.4) is 0 Å². The highest BCUT2D eigenvalue weighted by atomic mass is 79.9. The molecule has 2 bridgehead atoms. The molecule has 0 N–H and O–H groups in total. The van der Waals surface area contributed by atoms with Crippen molar-refractivity contribution in [3.8, 4) is 0 Å². The van der Waals surface area contributed by atoms with Gasteiger partial charge in [-0.2, -0.15) is 0 Å². The number of hydrogen-bond acceptors (Lipinski definition) is 1. The maximum atomic E-state index is 11.5. The third-order valence-electron chi connectivity index (χ3n) is 3.45. The molecule has 3 saturated carbocycles. The SMILES string of the molecule is CC12CCC(C(=O)CBr)(C1)C2. The number of hydrogen-bond donors (Lipinski definition) is 0. The van der Waals surface area contributed by atoms with Crippen molar-refractivity contribution in [2.45, 2.75) is 32.6 Å². The molecule has 1 nitrogen and oxygen atoms in total. The molecule has 0 unspecified atom stereocenters. The monoisotopic (exact) mass is 216 g/mol. The third kappa shape index (κ3) is 0.915. The summed E-state index contributed by atoms with van der Waals surface area (Å²) < 4.78 is 0. The second-order valence-corrected chi connectivity index (χ2v) is 5.06. The molecule has 3 aliphatic carbocycles. The summed E-state index contributed by atoms with van der Waals surface area (Å²) >= 11 is 3.25. The number of alkyl halides is 1. The summed E-state index contributed by atoms with van der Waals surface area (Å²) in [6.45, 7) is 2.31. The summed E-state index contributed by atoms with van der Waals surface area (Å²) in [4.78, 5) is 11.5. The highest BCUT2D eigenvalue weighted by molar-refractivity contribution is 9.09. The molecule has 0 aromatic carbocycles. The van der Waals surface area contributed by atoms with Gasteiger partial charge in [-0.3, -0.25) is 4.79 Å². The van der Waals surface area contributed by atoms with E-state index in [-0.39, 0.29) is 5.41 Å². The van der Waals surface area contributed by atoms with Crippen molar-refractivity contribution >= 4 is 21.7 Å². The van der Waals surface area contributed by atoms with Crippen LogP contribution in [0.25, 0.3) is 0 Å². The highest BCUT2D eigenvalue weighted by Gasteiger charge is 2.60. The Morgan fingerprint density at radius 2 is 2.09 bits per heavy atom. The molecule has 0 aromatic heterocycles. The molecule has 3 fully saturated rings. The summed E-state index contributed by atoms with van der Waals surface area (Å²) in [6, 6.07) is 0. The van der Waals surface area contributed by atoms with E-state index in [2.05, 4.69) is 22.9 Å². The van der Waals surface area contributed by atoms with Crippen molar-refractivity contribution in [3.05, 3.63) is 0 Å². The molecular formula is C9H13BrO. The van der Waals surface area contributed by atoms with Crippen molar-refractivity contribution in [1.82, 2.24) is 0 Å². The Labute approximate surface area is 75.7 Å². The van der Waals surface area contributed by atoms with E-state index in [0.29, 0.717) is 16.5 Å². The molecule has 0 saturated heterocycles. The quantitative estimate of drug-likeness (QED) is 0.649. The smallest absolute Gasteiger partial charge is 0.149 e. The molecule has 2 heteroatoms. The maximum Gasteiger partial charge on any atom is 0.149 e. The zero-order valence-electron chi connectivity index (χ0n) is 6.82. The first-order chi connectivity index (χ1) is 5.10. The van der Waals surface area contributed by atoms with Crippen molar-refractivity contribution in [2.24, 2.45) is 10.8 Å². The molecule has 11 heavy (non-hydrogen) atoms. The molecule has 0 spiro atoms. The minimum atomic E-state index is 0.123. The predicted octanol–water partition coefficient (Wildman–Crippen LogP) is 2.53. The van der Waals surface area contributed by atoms with Gasteiger partial charge in [-0.15, -0.1) is 0 Å². The Bertz CT molecular complexity index is 204. The fourth-order valence-corrected chi connectivity index (χ4v) is 3.55. The fraction of sp³-hybridized carbons (Fsp3) is 0.889. The molecule has 0 atom stereocenters. The summed E-state index contributed by atoms with van der Waals surface area (Å²) in [7, 11) is 0. The van der Waals surface area contributed by atoms with Gasteiger partial charge in [-0.05, 0) is 31.1 Å². The third-order valence-corrected chi connectivity index (χ3v) is 3.96. The van der Waals surface area contributed by atoms with Crippen LogP contribution in [0.15, 0.2) is 0 Å². The Kier molecular flexibility index (Phi) is 1.48. The van der Waals surface area contributed by atoms with Gasteiger partial charge in [-0.25, -0.2) is 0 Å². The van der Waals surface area contributed by atoms with E-state index < -0.39 is 0 Å². The van der Waals surface area contributed by atoms with Gasteiger partial charge < -0.3 is 0 Å². The van der Waals surface area contributed by atoms with E-state index >= 15 is 0 Å². The van der Waals surface area contributed by atoms with Gasteiger partial charge in [-0.1, -0.05) is 22.9 Å². The minimum Gasteiger partial charge on any atom is -0.298 e. The lowest BCUT2D eigenvalue weighted by atomic mass is 9.60. The van der Waals surface area contributed by atoms with E-state index in [1.807, 2.05) is 0 Å². The minimum absolute atomic E-state index is 0.123. The van der Waals surface area contributed by atoms with E-state index in [1.165, 1.54) is 6.42 Å². The number of fused-ring (bicyclic) bond motifs is 1. The van der Waals surface area contributed by atoms with Crippen LogP contribution < -0.4 is 0 Å². The molecule has 0 amide bonds. The summed E-state index contributed by atoms with van der Waals surface area (Å²) in [5.74, 6) is 0.437. The second kappa shape index (κ2) is 2.09.